The van der Waals surface area contributed by atoms with E-state index in [2.05, 4.69) is 33.9 Å². The molecular formula is C37H46O8SSi. The van der Waals surface area contributed by atoms with Crippen LogP contribution in [0.4, 0.5) is 0 Å². The lowest BCUT2D eigenvalue weighted by Crippen LogP contribution is -2.63. The number of hydrogen-bond donors (Lipinski definition) is 0. The van der Waals surface area contributed by atoms with Crippen LogP contribution in [0.2, 0.25) is 18.1 Å². The summed E-state index contributed by atoms with van der Waals surface area (Å²) >= 11 is 1.40. The van der Waals surface area contributed by atoms with Gasteiger partial charge in [0.25, 0.3) is 0 Å². The third-order valence-corrected chi connectivity index (χ3v) is 14.1. The average molecular weight is 679 g/mol. The van der Waals surface area contributed by atoms with Crippen LogP contribution in [0.1, 0.15) is 56.5 Å². The van der Waals surface area contributed by atoms with Crippen molar-refractivity contribution in [2.45, 2.75) is 100 Å². The SMILES string of the molecule is CCC(=O)CC(=O)OC[C@H]1O[C@@H](Sc2ccccc2)[C@H](OC(=O)c2ccccc2)[C@@H](O[Si](C)(C)C(C)(C)C)[C@@H]1OCc1ccccc1. The van der Waals surface area contributed by atoms with Crippen molar-refractivity contribution < 1.29 is 37.8 Å². The number of esters is 2. The maximum absolute atomic E-state index is 13.7. The minimum absolute atomic E-state index is 0.169. The lowest BCUT2D eigenvalue weighted by atomic mass is 9.99. The van der Waals surface area contributed by atoms with Gasteiger partial charge >= 0.3 is 11.9 Å². The molecule has 10 heteroatoms. The predicted molar refractivity (Wildman–Crippen MR) is 185 cm³/mol. The lowest BCUT2D eigenvalue weighted by molar-refractivity contribution is -0.223. The van der Waals surface area contributed by atoms with Crippen molar-refractivity contribution >= 4 is 37.8 Å². The Bertz CT molecular complexity index is 1450. The molecule has 0 saturated carbocycles. The average Bonchev–Trinajstić information content (AvgIpc) is 3.05. The second-order valence-corrected chi connectivity index (χ2v) is 19.0. The van der Waals surface area contributed by atoms with E-state index in [9.17, 15) is 14.4 Å². The number of benzene rings is 3. The van der Waals surface area contributed by atoms with E-state index >= 15 is 0 Å². The van der Waals surface area contributed by atoms with E-state index in [-0.39, 0.29) is 36.9 Å². The van der Waals surface area contributed by atoms with Gasteiger partial charge in [-0.15, -0.1) is 0 Å². The molecule has 1 fully saturated rings. The molecule has 5 atom stereocenters. The molecule has 8 nitrogen and oxygen atoms in total. The van der Waals surface area contributed by atoms with E-state index in [0.717, 1.165) is 10.5 Å². The molecule has 0 radical (unpaired) electrons. The number of ketones is 1. The first-order valence-electron chi connectivity index (χ1n) is 16.0. The van der Waals surface area contributed by atoms with Gasteiger partial charge in [-0.25, -0.2) is 4.79 Å². The van der Waals surface area contributed by atoms with Crippen molar-refractivity contribution in [2.75, 3.05) is 6.61 Å². The number of thioether (sulfide) groups is 1. The molecule has 0 unspecified atom stereocenters. The standard InChI is InChI=1S/C37H46O8SSi/c1-7-28(38)23-31(39)41-25-30-32(42-24-26-17-11-8-12-18-26)33(45-47(5,6)37(2,3)4)34(44-35(40)27-19-13-9-14-20-27)36(43-30)46-29-21-15-10-16-22-29/h8-22,30,32-34,36H,7,23-25H2,1-6H3/t30-,32-,33+,34-,36+/m1/s1. The molecule has 0 aliphatic carbocycles. The molecule has 1 saturated heterocycles. The topological polar surface area (TPSA) is 97.4 Å². The van der Waals surface area contributed by atoms with Crippen LogP contribution in [-0.4, -0.2) is 62.5 Å². The summed E-state index contributed by atoms with van der Waals surface area (Å²) in [4.78, 5) is 39.2. The van der Waals surface area contributed by atoms with Crippen LogP contribution in [0.3, 0.4) is 0 Å². The predicted octanol–water partition coefficient (Wildman–Crippen LogP) is 7.62. The van der Waals surface area contributed by atoms with Crippen LogP contribution in [-0.2, 0) is 39.6 Å². The van der Waals surface area contributed by atoms with Crippen LogP contribution in [0, 0.1) is 0 Å². The molecule has 0 amide bonds. The summed E-state index contributed by atoms with van der Waals surface area (Å²) in [6, 6.07) is 28.2. The highest BCUT2D eigenvalue weighted by Gasteiger charge is 2.53. The van der Waals surface area contributed by atoms with Crippen molar-refractivity contribution in [3.63, 3.8) is 0 Å². The zero-order valence-corrected chi connectivity index (χ0v) is 29.9. The molecule has 3 aromatic rings. The van der Waals surface area contributed by atoms with Gasteiger partial charge in [0.2, 0.25) is 0 Å². The first-order chi connectivity index (χ1) is 22.4. The summed E-state index contributed by atoms with van der Waals surface area (Å²) in [7, 11) is -2.53. The fourth-order valence-electron chi connectivity index (χ4n) is 4.76. The minimum atomic E-state index is -2.53. The first kappa shape index (κ1) is 36.6. The lowest BCUT2D eigenvalue weighted by Gasteiger charge is -2.49. The molecule has 1 aliphatic rings. The quantitative estimate of drug-likeness (QED) is 0.0969. The Morgan fingerprint density at radius 3 is 2.02 bits per heavy atom. The van der Waals surface area contributed by atoms with Crippen LogP contribution in [0.5, 0.6) is 0 Å². The van der Waals surface area contributed by atoms with E-state index in [1.54, 1.807) is 31.2 Å². The molecule has 0 bridgehead atoms. The summed E-state index contributed by atoms with van der Waals surface area (Å²) in [5.74, 6) is -1.35. The van der Waals surface area contributed by atoms with Gasteiger partial charge in [0, 0.05) is 11.3 Å². The largest absolute Gasteiger partial charge is 0.462 e. The minimum Gasteiger partial charge on any atom is -0.462 e. The second kappa shape index (κ2) is 16.7. The smallest absolute Gasteiger partial charge is 0.338 e. The molecule has 3 aromatic carbocycles. The van der Waals surface area contributed by atoms with Crippen LogP contribution < -0.4 is 0 Å². The summed E-state index contributed by atoms with van der Waals surface area (Å²) in [6.45, 7) is 12.5. The summed E-state index contributed by atoms with van der Waals surface area (Å²) in [5, 5.41) is -0.187. The molecule has 4 rings (SSSR count). The van der Waals surface area contributed by atoms with Crippen LogP contribution in [0.15, 0.2) is 95.9 Å². The Morgan fingerprint density at radius 1 is 0.830 bits per heavy atom. The van der Waals surface area contributed by atoms with Gasteiger partial charge in [-0.05, 0) is 48.0 Å². The second-order valence-electron chi connectivity index (χ2n) is 13.1. The van der Waals surface area contributed by atoms with Crippen molar-refractivity contribution in [1.29, 1.82) is 0 Å². The fraction of sp³-hybridized carbons (Fsp3) is 0.432. The molecule has 1 heterocycles. The van der Waals surface area contributed by atoms with Crippen molar-refractivity contribution in [1.82, 2.24) is 0 Å². The number of carbonyl (C=O) groups excluding carboxylic acids is 3. The summed E-state index contributed by atoms with van der Waals surface area (Å²) < 4.78 is 32.4. The number of ether oxygens (including phenoxy) is 4. The maximum atomic E-state index is 13.7. The Morgan fingerprint density at radius 2 is 1.43 bits per heavy atom. The Balaban J connectivity index is 1.77. The van der Waals surface area contributed by atoms with E-state index < -0.39 is 50.1 Å². The van der Waals surface area contributed by atoms with Crippen molar-refractivity contribution in [3.05, 3.63) is 102 Å². The van der Waals surface area contributed by atoms with E-state index in [1.807, 2.05) is 66.7 Å². The molecule has 0 aromatic heterocycles. The van der Waals surface area contributed by atoms with Crippen LogP contribution in [0.25, 0.3) is 0 Å². The zero-order chi connectivity index (χ0) is 34.0. The van der Waals surface area contributed by atoms with Gasteiger partial charge in [-0.3, -0.25) is 9.59 Å². The van der Waals surface area contributed by atoms with Gasteiger partial charge in [0.05, 0.1) is 12.2 Å². The van der Waals surface area contributed by atoms with Crippen molar-refractivity contribution in [3.8, 4) is 0 Å². The number of rotatable bonds is 14. The highest BCUT2D eigenvalue weighted by molar-refractivity contribution is 7.99. The fourth-order valence-corrected chi connectivity index (χ4v) is 7.19. The summed E-state index contributed by atoms with van der Waals surface area (Å²) in [5.41, 5.74) is 0.597. The number of Topliss-reactive ketones (excluding diaryl/α,β-unsaturated/α-hetero) is 1. The number of hydrogen-bond acceptors (Lipinski definition) is 9. The Kier molecular flexibility index (Phi) is 13.0. The monoisotopic (exact) mass is 678 g/mol. The number of carbonyl (C=O) groups is 3. The maximum Gasteiger partial charge on any atom is 0.338 e. The first-order valence-corrected chi connectivity index (χ1v) is 19.8. The Labute approximate surface area is 283 Å². The van der Waals surface area contributed by atoms with Crippen molar-refractivity contribution in [2.24, 2.45) is 0 Å². The molecule has 47 heavy (non-hydrogen) atoms. The van der Waals surface area contributed by atoms with E-state index in [4.69, 9.17) is 23.4 Å². The molecule has 0 spiro atoms. The third-order valence-electron chi connectivity index (χ3n) is 8.51. The highest BCUT2D eigenvalue weighted by atomic mass is 32.2. The summed E-state index contributed by atoms with van der Waals surface area (Å²) in [6.07, 6.45) is -3.32. The molecule has 252 valence electrons. The van der Waals surface area contributed by atoms with Crippen LogP contribution >= 0.6 is 11.8 Å². The van der Waals surface area contributed by atoms with Gasteiger partial charge < -0.3 is 23.4 Å². The zero-order valence-electron chi connectivity index (χ0n) is 28.0. The Hall–Kier alpha value is -3.28. The molecule has 0 N–H and O–H groups in total. The van der Waals surface area contributed by atoms with E-state index in [0.29, 0.717) is 5.56 Å². The van der Waals surface area contributed by atoms with Gasteiger partial charge in [0.1, 0.15) is 42.6 Å². The molecular weight excluding hydrogens is 633 g/mol. The van der Waals surface area contributed by atoms with Gasteiger partial charge in [-0.2, -0.15) is 0 Å². The van der Waals surface area contributed by atoms with Gasteiger partial charge in [0.15, 0.2) is 14.4 Å². The third kappa shape index (κ3) is 10.4. The highest BCUT2D eigenvalue weighted by Crippen LogP contribution is 2.43. The molecule has 1 aliphatic heterocycles. The normalized spacial score (nSPS) is 21.5. The van der Waals surface area contributed by atoms with Gasteiger partial charge in [-0.1, -0.05) is 106 Å². The van der Waals surface area contributed by atoms with E-state index in [1.165, 1.54) is 11.8 Å².